The maximum Gasteiger partial charge on any atom is 0.119 e. The van der Waals surface area contributed by atoms with Gasteiger partial charge in [0.25, 0.3) is 0 Å². The van der Waals surface area contributed by atoms with E-state index in [-0.39, 0.29) is 0 Å². The molecule has 0 fully saturated rings. The molecule has 0 aliphatic carbocycles. The number of rotatable bonds is 7. The lowest BCUT2D eigenvalue weighted by Gasteiger charge is -2.11. The van der Waals surface area contributed by atoms with Gasteiger partial charge < -0.3 is 4.74 Å². The number of hydrogen-bond acceptors (Lipinski definition) is 2. The Hall–Kier alpha value is -0.630. The molecule has 0 saturated heterocycles. The Morgan fingerprint density at radius 1 is 1.31 bits per heavy atom. The van der Waals surface area contributed by atoms with Crippen LogP contribution in [0.15, 0.2) is 24.3 Å². The molecule has 1 nitrogen and oxygen atoms in total. The third kappa shape index (κ3) is 4.93. The number of hydrogen-bond donors (Lipinski definition) is 1. The van der Waals surface area contributed by atoms with E-state index in [0.717, 1.165) is 31.0 Å². The minimum absolute atomic E-state index is 0.701. The standard InChI is InChI=1S/C14H22OS/c1-3-13-5-4-6-14(11-13)15-9-7-12(2)8-10-16/h4-6,11-12,16H,3,7-10H2,1-2H3. The van der Waals surface area contributed by atoms with Crippen molar-refractivity contribution in [1.82, 2.24) is 0 Å². The average molecular weight is 238 g/mol. The molecule has 90 valence electrons. The Morgan fingerprint density at radius 3 is 2.81 bits per heavy atom. The molecule has 1 aromatic rings. The molecule has 0 aliphatic rings. The van der Waals surface area contributed by atoms with Crippen molar-refractivity contribution in [3.05, 3.63) is 29.8 Å². The first-order valence-electron chi connectivity index (χ1n) is 6.08. The SMILES string of the molecule is CCc1cccc(OCCC(C)CCS)c1. The van der Waals surface area contributed by atoms with Crippen molar-refractivity contribution < 1.29 is 4.74 Å². The second kappa shape index (κ2) is 7.61. The molecular formula is C14H22OS. The molecule has 1 aromatic carbocycles. The zero-order chi connectivity index (χ0) is 11.8. The van der Waals surface area contributed by atoms with Crippen molar-refractivity contribution in [3.63, 3.8) is 0 Å². The molecule has 0 aliphatic heterocycles. The van der Waals surface area contributed by atoms with Crippen molar-refractivity contribution in [2.45, 2.75) is 33.1 Å². The quantitative estimate of drug-likeness (QED) is 0.707. The predicted octanol–water partition coefficient (Wildman–Crippen LogP) is 3.97. The van der Waals surface area contributed by atoms with Crippen molar-refractivity contribution >= 4 is 12.6 Å². The van der Waals surface area contributed by atoms with Crippen LogP contribution in [0.4, 0.5) is 0 Å². The summed E-state index contributed by atoms with van der Waals surface area (Å²) < 4.78 is 5.74. The average Bonchev–Trinajstić information content (AvgIpc) is 2.30. The molecule has 0 radical (unpaired) electrons. The van der Waals surface area contributed by atoms with E-state index in [1.807, 2.05) is 6.07 Å². The first kappa shape index (κ1) is 13.4. The Labute approximate surface area is 105 Å². The van der Waals surface area contributed by atoms with Gasteiger partial charge in [0.05, 0.1) is 6.61 Å². The second-order valence-corrected chi connectivity index (χ2v) is 4.70. The monoisotopic (exact) mass is 238 g/mol. The van der Waals surface area contributed by atoms with E-state index in [1.165, 1.54) is 12.0 Å². The Balaban J connectivity index is 2.31. The van der Waals surface area contributed by atoms with Crippen LogP contribution in [0.3, 0.4) is 0 Å². The first-order chi connectivity index (χ1) is 7.76. The summed E-state index contributed by atoms with van der Waals surface area (Å²) in [7, 11) is 0. The van der Waals surface area contributed by atoms with Crippen LogP contribution in [-0.2, 0) is 6.42 Å². The van der Waals surface area contributed by atoms with E-state index in [1.54, 1.807) is 0 Å². The minimum Gasteiger partial charge on any atom is -0.494 e. The Kier molecular flexibility index (Phi) is 6.39. The van der Waals surface area contributed by atoms with Crippen LogP contribution in [-0.4, -0.2) is 12.4 Å². The lowest BCUT2D eigenvalue weighted by Crippen LogP contribution is -2.04. The molecule has 2 heteroatoms. The van der Waals surface area contributed by atoms with Crippen molar-refractivity contribution in [2.24, 2.45) is 5.92 Å². The van der Waals surface area contributed by atoms with Gasteiger partial charge >= 0.3 is 0 Å². The van der Waals surface area contributed by atoms with Gasteiger partial charge in [-0.3, -0.25) is 0 Å². The maximum atomic E-state index is 5.74. The lowest BCUT2D eigenvalue weighted by molar-refractivity contribution is 0.282. The topological polar surface area (TPSA) is 9.23 Å². The van der Waals surface area contributed by atoms with Gasteiger partial charge in [-0.25, -0.2) is 0 Å². The molecule has 0 heterocycles. The van der Waals surface area contributed by atoms with E-state index < -0.39 is 0 Å². The molecule has 1 atom stereocenters. The van der Waals surface area contributed by atoms with E-state index in [2.05, 4.69) is 44.7 Å². The summed E-state index contributed by atoms with van der Waals surface area (Å²) in [6.07, 6.45) is 3.34. The fourth-order valence-corrected chi connectivity index (χ4v) is 2.04. The number of benzene rings is 1. The summed E-state index contributed by atoms with van der Waals surface area (Å²) in [6, 6.07) is 8.35. The molecule has 0 spiro atoms. The molecule has 0 N–H and O–H groups in total. The van der Waals surface area contributed by atoms with Gasteiger partial charge in [-0.05, 0) is 48.6 Å². The highest BCUT2D eigenvalue weighted by Crippen LogP contribution is 2.15. The molecular weight excluding hydrogens is 216 g/mol. The van der Waals surface area contributed by atoms with Crippen LogP contribution >= 0.6 is 12.6 Å². The molecule has 16 heavy (non-hydrogen) atoms. The van der Waals surface area contributed by atoms with Crippen LogP contribution in [0.5, 0.6) is 5.75 Å². The van der Waals surface area contributed by atoms with Crippen molar-refractivity contribution in [3.8, 4) is 5.75 Å². The fraction of sp³-hybridized carbons (Fsp3) is 0.571. The van der Waals surface area contributed by atoms with Crippen LogP contribution in [0.25, 0.3) is 0 Å². The highest BCUT2D eigenvalue weighted by Gasteiger charge is 2.01. The van der Waals surface area contributed by atoms with Crippen molar-refractivity contribution in [2.75, 3.05) is 12.4 Å². The van der Waals surface area contributed by atoms with Crippen molar-refractivity contribution in [1.29, 1.82) is 0 Å². The van der Waals surface area contributed by atoms with Crippen LogP contribution in [0.1, 0.15) is 32.3 Å². The zero-order valence-electron chi connectivity index (χ0n) is 10.3. The predicted molar refractivity (Wildman–Crippen MR) is 73.6 cm³/mol. The molecule has 1 unspecified atom stereocenters. The zero-order valence-corrected chi connectivity index (χ0v) is 11.2. The lowest BCUT2D eigenvalue weighted by atomic mass is 10.1. The third-order valence-electron chi connectivity index (χ3n) is 2.81. The Bertz CT molecular complexity index is 299. The summed E-state index contributed by atoms with van der Waals surface area (Å²) in [5.41, 5.74) is 1.33. The summed E-state index contributed by atoms with van der Waals surface area (Å²) >= 11 is 4.24. The third-order valence-corrected chi connectivity index (χ3v) is 3.07. The van der Waals surface area contributed by atoms with Gasteiger partial charge in [0, 0.05) is 0 Å². The van der Waals surface area contributed by atoms with Gasteiger partial charge in [0.1, 0.15) is 5.75 Å². The molecule has 0 aromatic heterocycles. The van der Waals surface area contributed by atoms with Gasteiger partial charge in [-0.1, -0.05) is 26.0 Å². The Morgan fingerprint density at radius 2 is 2.12 bits per heavy atom. The van der Waals surface area contributed by atoms with Crippen LogP contribution < -0.4 is 4.74 Å². The summed E-state index contributed by atoms with van der Waals surface area (Å²) in [6.45, 7) is 5.22. The highest BCUT2D eigenvalue weighted by atomic mass is 32.1. The van der Waals surface area contributed by atoms with Crippen LogP contribution in [0, 0.1) is 5.92 Å². The number of thiol groups is 1. The van der Waals surface area contributed by atoms with Crippen LogP contribution in [0.2, 0.25) is 0 Å². The molecule has 0 amide bonds. The fourth-order valence-electron chi connectivity index (χ4n) is 1.60. The summed E-state index contributed by atoms with van der Waals surface area (Å²) in [4.78, 5) is 0. The molecule has 0 saturated carbocycles. The summed E-state index contributed by atoms with van der Waals surface area (Å²) in [5, 5.41) is 0. The van der Waals surface area contributed by atoms with E-state index in [4.69, 9.17) is 4.74 Å². The smallest absolute Gasteiger partial charge is 0.119 e. The van der Waals surface area contributed by atoms with Gasteiger partial charge in [0.15, 0.2) is 0 Å². The first-order valence-corrected chi connectivity index (χ1v) is 6.72. The van der Waals surface area contributed by atoms with E-state index in [0.29, 0.717) is 5.92 Å². The molecule has 0 bridgehead atoms. The normalized spacial score (nSPS) is 12.4. The van der Waals surface area contributed by atoms with E-state index in [9.17, 15) is 0 Å². The number of ether oxygens (including phenoxy) is 1. The van der Waals surface area contributed by atoms with Gasteiger partial charge in [0.2, 0.25) is 0 Å². The summed E-state index contributed by atoms with van der Waals surface area (Å²) in [5.74, 6) is 2.66. The van der Waals surface area contributed by atoms with Gasteiger partial charge in [-0.15, -0.1) is 0 Å². The highest BCUT2D eigenvalue weighted by molar-refractivity contribution is 7.80. The minimum atomic E-state index is 0.701. The van der Waals surface area contributed by atoms with Gasteiger partial charge in [-0.2, -0.15) is 12.6 Å². The largest absolute Gasteiger partial charge is 0.494 e. The second-order valence-electron chi connectivity index (χ2n) is 4.26. The van der Waals surface area contributed by atoms with E-state index >= 15 is 0 Å². The number of aryl methyl sites for hydroxylation is 1. The maximum absolute atomic E-state index is 5.74. The molecule has 1 rings (SSSR count).